The molecular weight excluding hydrogens is 460 g/mol. The molecule has 174 valence electrons. The van der Waals surface area contributed by atoms with Crippen LogP contribution < -0.4 is 14.2 Å². The summed E-state index contributed by atoms with van der Waals surface area (Å²) in [6.07, 6.45) is 0.636. The average molecular weight is 487 g/mol. The van der Waals surface area contributed by atoms with Crippen molar-refractivity contribution in [1.29, 1.82) is 0 Å². The maximum atomic E-state index is 13.1. The van der Waals surface area contributed by atoms with Crippen LogP contribution in [0.25, 0.3) is 0 Å². The molecule has 0 spiro atoms. The van der Waals surface area contributed by atoms with E-state index in [1.54, 1.807) is 28.4 Å². The number of carbonyl (C=O) groups is 1. The van der Waals surface area contributed by atoms with Crippen LogP contribution in [0, 0.1) is 0 Å². The van der Waals surface area contributed by atoms with Crippen LogP contribution in [-0.4, -0.2) is 45.5 Å². The highest BCUT2D eigenvalue weighted by molar-refractivity contribution is 7.89. The molecule has 9 heteroatoms. The number of ether oxygens (including phenoxy) is 2. The Morgan fingerprint density at radius 3 is 2.58 bits per heavy atom. The van der Waals surface area contributed by atoms with E-state index < -0.39 is 10.0 Å². The first-order valence-electron chi connectivity index (χ1n) is 10.8. The van der Waals surface area contributed by atoms with Crippen LogP contribution in [0.3, 0.4) is 0 Å². The van der Waals surface area contributed by atoms with E-state index >= 15 is 0 Å². The molecule has 1 aliphatic rings. The van der Waals surface area contributed by atoms with Gasteiger partial charge in [-0.15, -0.1) is 11.3 Å². The van der Waals surface area contributed by atoms with Crippen molar-refractivity contribution in [3.63, 3.8) is 0 Å². The highest BCUT2D eigenvalue weighted by Gasteiger charge is 2.21. The molecule has 0 aliphatic carbocycles. The van der Waals surface area contributed by atoms with Gasteiger partial charge in [0.15, 0.2) is 11.5 Å². The largest absolute Gasteiger partial charge is 0.486 e. The number of carbonyl (C=O) groups excluding carboxylic acids is 1. The lowest BCUT2D eigenvalue weighted by atomic mass is 10.1. The normalized spacial score (nSPS) is 13.0. The molecule has 0 saturated heterocycles. The Labute approximate surface area is 198 Å². The van der Waals surface area contributed by atoms with Gasteiger partial charge in [-0.25, -0.2) is 13.1 Å². The number of nitrogens with zero attached hydrogens (tertiary/aromatic N) is 1. The first-order valence-corrected chi connectivity index (χ1v) is 13.1. The fraction of sp³-hybridized carbons (Fsp3) is 0.292. The quantitative estimate of drug-likeness (QED) is 0.499. The molecule has 1 amide bonds. The number of thiophene rings is 1. The van der Waals surface area contributed by atoms with E-state index in [2.05, 4.69) is 4.72 Å². The monoisotopic (exact) mass is 486 g/mol. The van der Waals surface area contributed by atoms with Crippen molar-refractivity contribution in [3.8, 4) is 11.5 Å². The zero-order chi connectivity index (χ0) is 23.3. The van der Waals surface area contributed by atoms with Crippen LogP contribution in [-0.2, 0) is 23.0 Å². The molecule has 1 N–H and O–H groups in total. The molecule has 0 radical (unpaired) electrons. The highest BCUT2D eigenvalue weighted by atomic mass is 32.2. The molecule has 33 heavy (non-hydrogen) atoms. The first-order chi connectivity index (χ1) is 16.0. The van der Waals surface area contributed by atoms with Gasteiger partial charge in [0.05, 0.1) is 4.90 Å². The zero-order valence-corrected chi connectivity index (χ0v) is 20.0. The Balaban J connectivity index is 1.42. The van der Waals surface area contributed by atoms with Crippen LogP contribution >= 0.6 is 11.3 Å². The van der Waals surface area contributed by atoms with Crippen molar-refractivity contribution in [1.82, 2.24) is 9.62 Å². The molecule has 3 aromatic rings. The summed E-state index contributed by atoms with van der Waals surface area (Å²) in [6.45, 7) is 4.06. The van der Waals surface area contributed by atoms with E-state index in [4.69, 9.17) is 9.47 Å². The van der Waals surface area contributed by atoms with Crippen LogP contribution in [0.5, 0.6) is 11.5 Å². The smallest absolute Gasteiger partial charge is 0.254 e. The lowest BCUT2D eigenvalue weighted by Crippen LogP contribution is -2.31. The summed E-state index contributed by atoms with van der Waals surface area (Å²) in [4.78, 5) is 16.0. The summed E-state index contributed by atoms with van der Waals surface area (Å²) in [6, 6.07) is 15.6. The topological polar surface area (TPSA) is 84.9 Å². The highest BCUT2D eigenvalue weighted by Crippen LogP contribution is 2.34. The molecule has 7 nitrogen and oxygen atoms in total. The standard InChI is InChI=1S/C24H26N2O5S2/c1-2-26(17-19-5-3-7-22-23(19)31-15-14-30-22)24(27)18-8-10-21(11-9-18)33(28,29)25-13-12-20-6-4-16-32-20/h3-11,16,25H,2,12-15,17H2,1H3. The van der Waals surface area contributed by atoms with Gasteiger partial charge in [-0.05, 0) is 55.1 Å². The second kappa shape index (κ2) is 10.4. The SMILES string of the molecule is CCN(Cc1cccc2c1OCCO2)C(=O)c1ccc(S(=O)(=O)NCCc2cccs2)cc1. The average Bonchev–Trinajstić information content (AvgIpc) is 3.36. The Hall–Kier alpha value is -2.88. The number of fused-ring (bicyclic) bond motifs is 1. The van der Waals surface area contributed by atoms with Gasteiger partial charge in [-0.1, -0.05) is 18.2 Å². The zero-order valence-electron chi connectivity index (χ0n) is 18.3. The van der Waals surface area contributed by atoms with E-state index in [0.29, 0.717) is 56.3 Å². The first kappa shape index (κ1) is 23.3. The Morgan fingerprint density at radius 1 is 1.06 bits per heavy atom. The summed E-state index contributed by atoms with van der Waals surface area (Å²) in [5.74, 6) is 1.18. The van der Waals surface area contributed by atoms with Crippen molar-refractivity contribution in [2.75, 3.05) is 26.3 Å². The molecule has 1 aromatic heterocycles. The summed E-state index contributed by atoms with van der Waals surface area (Å²) in [5.41, 5.74) is 1.30. The minimum atomic E-state index is -3.64. The van der Waals surface area contributed by atoms with Gasteiger partial charge in [0, 0.05) is 35.6 Å². The molecule has 0 unspecified atom stereocenters. The summed E-state index contributed by atoms with van der Waals surface area (Å²) >= 11 is 1.60. The van der Waals surface area contributed by atoms with Crippen molar-refractivity contribution in [2.45, 2.75) is 24.8 Å². The molecule has 0 fully saturated rings. The molecule has 0 bridgehead atoms. The van der Waals surface area contributed by atoms with Gasteiger partial charge in [0.2, 0.25) is 10.0 Å². The molecule has 4 rings (SSSR count). The lowest BCUT2D eigenvalue weighted by Gasteiger charge is -2.25. The number of benzene rings is 2. The number of sulfonamides is 1. The number of nitrogens with one attached hydrogen (secondary N) is 1. The van der Waals surface area contributed by atoms with E-state index in [1.807, 2.05) is 42.6 Å². The summed E-state index contributed by atoms with van der Waals surface area (Å²) in [7, 11) is -3.64. The van der Waals surface area contributed by atoms with Crippen LogP contribution in [0.1, 0.15) is 27.7 Å². The van der Waals surface area contributed by atoms with Crippen LogP contribution in [0.15, 0.2) is 64.9 Å². The van der Waals surface area contributed by atoms with Gasteiger partial charge in [0.1, 0.15) is 13.2 Å². The summed E-state index contributed by atoms with van der Waals surface area (Å²) in [5, 5.41) is 1.96. The molecule has 1 aliphatic heterocycles. The summed E-state index contributed by atoms with van der Waals surface area (Å²) < 4.78 is 39.2. The second-order valence-electron chi connectivity index (χ2n) is 7.51. The minimum Gasteiger partial charge on any atom is -0.486 e. The van der Waals surface area contributed by atoms with Gasteiger partial charge >= 0.3 is 0 Å². The third-order valence-corrected chi connectivity index (χ3v) is 7.75. The predicted octanol–water partition coefficient (Wildman–Crippen LogP) is 3.70. The van der Waals surface area contributed by atoms with Crippen molar-refractivity contribution in [2.24, 2.45) is 0 Å². The van der Waals surface area contributed by atoms with E-state index in [-0.39, 0.29) is 10.8 Å². The fourth-order valence-corrected chi connectivity index (χ4v) is 5.34. The van der Waals surface area contributed by atoms with Gasteiger partial charge in [-0.3, -0.25) is 4.79 Å². The number of hydrogen-bond acceptors (Lipinski definition) is 6. The number of rotatable bonds is 9. The minimum absolute atomic E-state index is 0.135. The maximum absolute atomic E-state index is 13.1. The van der Waals surface area contributed by atoms with Crippen molar-refractivity contribution >= 4 is 27.3 Å². The molecular formula is C24H26N2O5S2. The maximum Gasteiger partial charge on any atom is 0.254 e. The van der Waals surface area contributed by atoms with Crippen molar-refractivity contribution in [3.05, 3.63) is 76.0 Å². The number of amides is 1. The number of para-hydroxylation sites is 1. The van der Waals surface area contributed by atoms with E-state index in [1.165, 1.54) is 12.1 Å². The fourth-order valence-electron chi connectivity index (χ4n) is 3.60. The predicted molar refractivity (Wildman–Crippen MR) is 128 cm³/mol. The Kier molecular flexibility index (Phi) is 7.32. The van der Waals surface area contributed by atoms with Gasteiger partial charge in [0.25, 0.3) is 5.91 Å². The number of hydrogen-bond donors (Lipinski definition) is 1. The van der Waals surface area contributed by atoms with Crippen molar-refractivity contribution < 1.29 is 22.7 Å². The molecule has 0 saturated carbocycles. The molecule has 2 heterocycles. The third kappa shape index (κ3) is 5.55. The molecule has 2 aromatic carbocycles. The van der Waals surface area contributed by atoms with Gasteiger partial charge in [-0.2, -0.15) is 0 Å². The second-order valence-corrected chi connectivity index (χ2v) is 10.3. The lowest BCUT2D eigenvalue weighted by molar-refractivity contribution is 0.0749. The van der Waals surface area contributed by atoms with Gasteiger partial charge < -0.3 is 14.4 Å². The van der Waals surface area contributed by atoms with E-state index in [0.717, 1.165) is 10.4 Å². The van der Waals surface area contributed by atoms with Crippen LogP contribution in [0.4, 0.5) is 0 Å². The Bertz CT molecular complexity index is 1190. The van der Waals surface area contributed by atoms with Crippen LogP contribution in [0.2, 0.25) is 0 Å². The van der Waals surface area contributed by atoms with E-state index in [9.17, 15) is 13.2 Å². The molecule has 0 atom stereocenters. The third-order valence-electron chi connectivity index (χ3n) is 5.33. The Morgan fingerprint density at radius 2 is 1.85 bits per heavy atom.